The maximum Gasteiger partial charge on any atom is 0.308 e. The van der Waals surface area contributed by atoms with Crippen LogP contribution in [0.15, 0.2) is 24.3 Å². The molecule has 1 N–H and O–H groups in total. The summed E-state index contributed by atoms with van der Waals surface area (Å²) >= 11 is 0. The Kier molecular flexibility index (Phi) is 4.37. The van der Waals surface area contributed by atoms with Gasteiger partial charge in [0.15, 0.2) is 0 Å². The lowest BCUT2D eigenvalue weighted by atomic mass is 9.68. The summed E-state index contributed by atoms with van der Waals surface area (Å²) in [6, 6.07) is 6.34. The number of amides is 1. The van der Waals surface area contributed by atoms with Gasteiger partial charge in [-0.2, -0.15) is 0 Å². The number of rotatable bonds is 3. The first kappa shape index (κ1) is 16.0. The third-order valence-electron chi connectivity index (χ3n) is 5.32. The summed E-state index contributed by atoms with van der Waals surface area (Å²) in [4.78, 5) is 26.0. The summed E-state index contributed by atoms with van der Waals surface area (Å²) < 4.78 is 13.7. The predicted octanol–water partition coefficient (Wildman–Crippen LogP) is 2.96. The monoisotopic (exact) mass is 319 g/mol. The summed E-state index contributed by atoms with van der Waals surface area (Å²) in [6.45, 7) is 0.748. The van der Waals surface area contributed by atoms with E-state index in [4.69, 9.17) is 5.11 Å². The molecular formula is C18H22FNO3. The molecule has 0 bridgehead atoms. The van der Waals surface area contributed by atoms with Gasteiger partial charge in [0.25, 0.3) is 0 Å². The van der Waals surface area contributed by atoms with E-state index in [2.05, 4.69) is 0 Å². The van der Waals surface area contributed by atoms with E-state index in [1.165, 1.54) is 12.1 Å². The molecule has 1 aromatic carbocycles. The minimum atomic E-state index is -0.844. The first-order valence-corrected chi connectivity index (χ1v) is 8.31. The molecule has 2 fully saturated rings. The Morgan fingerprint density at radius 1 is 1.22 bits per heavy atom. The number of halogens is 1. The topological polar surface area (TPSA) is 57.6 Å². The van der Waals surface area contributed by atoms with E-state index in [0.717, 1.165) is 24.8 Å². The average Bonchev–Trinajstić information content (AvgIpc) is 3.05. The van der Waals surface area contributed by atoms with Crippen molar-refractivity contribution in [1.29, 1.82) is 0 Å². The fourth-order valence-electron chi connectivity index (χ4n) is 4.02. The molecule has 1 atom stereocenters. The molecule has 3 rings (SSSR count). The highest BCUT2D eigenvalue weighted by Gasteiger charge is 2.45. The summed E-state index contributed by atoms with van der Waals surface area (Å²) in [5, 5.41) is 9.15. The van der Waals surface area contributed by atoms with Gasteiger partial charge in [-0.15, -0.1) is 0 Å². The first-order chi connectivity index (χ1) is 11.0. The summed E-state index contributed by atoms with van der Waals surface area (Å²) in [5.41, 5.74) is 0.0503. The van der Waals surface area contributed by atoms with Gasteiger partial charge in [0.2, 0.25) is 5.91 Å². The van der Waals surface area contributed by atoms with Gasteiger partial charge in [-0.25, -0.2) is 4.39 Å². The van der Waals surface area contributed by atoms with Crippen LogP contribution in [0, 0.1) is 11.7 Å². The Labute approximate surface area is 135 Å². The Hall–Kier alpha value is -1.91. The number of hydrogen-bond acceptors (Lipinski definition) is 2. The molecule has 4 nitrogen and oxygen atoms in total. The van der Waals surface area contributed by atoms with E-state index in [0.29, 0.717) is 25.8 Å². The summed E-state index contributed by atoms with van der Waals surface area (Å²) in [7, 11) is 0. The number of carboxylic acid groups (broad SMARTS) is 1. The molecule has 23 heavy (non-hydrogen) atoms. The number of carboxylic acids is 1. The van der Waals surface area contributed by atoms with Crippen LogP contribution in [0.1, 0.15) is 44.1 Å². The molecule has 2 aliphatic rings. The third kappa shape index (κ3) is 2.96. The zero-order chi connectivity index (χ0) is 16.4. The first-order valence-electron chi connectivity index (χ1n) is 8.31. The van der Waals surface area contributed by atoms with E-state index in [9.17, 15) is 14.0 Å². The lowest BCUT2D eigenvalue weighted by Crippen LogP contribution is -2.47. The van der Waals surface area contributed by atoms with Crippen LogP contribution in [0.25, 0.3) is 0 Å². The molecule has 1 aliphatic heterocycles. The van der Waals surface area contributed by atoms with Crippen LogP contribution in [-0.2, 0) is 15.0 Å². The molecule has 124 valence electrons. The van der Waals surface area contributed by atoms with Crippen LogP contribution >= 0.6 is 0 Å². The van der Waals surface area contributed by atoms with Crippen LogP contribution in [0.4, 0.5) is 4.39 Å². The second-order valence-electron chi connectivity index (χ2n) is 6.73. The van der Waals surface area contributed by atoms with Gasteiger partial charge in [0.05, 0.1) is 11.3 Å². The molecule has 0 aromatic heterocycles. The van der Waals surface area contributed by atoms with Crippen molar-refractivity contribution in [3.63, 3.8) is 0 Å². The molecule has 1 aliphatic carbocycles. The molecule has 0 spiro atoms. The summed E-state index contributed by atoms with van der Waals surface area (Å²) in [6.07, 6.45) is 4.90. The largest absolute Gasteiger partial charge is 0.481 e. The van der Waals surface area contributed by atoms with Crippen LogP contribution in [0.2, 0.25) is 0 Å². The zero-order valence-corrected chi connectivity index (χ0v) is 13.1. The van der Waals surface area contributed by atoms with Crippen molar-refractivity contribution >= 4 is 11.9 Å². The number of carbonyl (C=O) groups is 2. The zero-order valence-electron chi connectivity index (χ0n) is 13.1. The van der Waals surface area contributed by atoms with Gasteiger partial charge in [0.1, 0.15) is 5.82 Å². The molecule has 0 radical (unpaired) electrons. The van der Waals surface area contributed by atoms with E-state index in [-0.39, 0.29) is 18.3 Å². The van der Waals surface area contributed by atoms with Gasteiger partial charge in [-0.1, -0.05) is 31.4 Å². The highest BCUT2D eigenvalue weighted by molar-refractivity contribution is 5.89. The number of aliphatic carboxylic acids is 1. The number of likely N-dealkylation sites (tertiary alicyclic amines) is 1. The minimum Gasteiger partial charge on any atom is -0.481 e. The van der Waals surface area contributed by atoms with Crippen LogP contribution in [0.3, 0.4) is 0 Å². The average molecular weight is 319 g/mol. The molecule has 1 unspecified atom stereocenters. The molecule has 1 saturated heterocycles. The van der Waals surface area contributed by atoms with Gasteiger partial charge in [0, 0.05) is 13.1 Å². The van der Waals surface area contributed by atoms with Crippen LogP contribution in [0.5, 0.6) is 0 Å². The Balaban J connectivity index is 1.90. The van der Waals surface area contributed by atoms with Gasteiger partial charge < -0.3 is 10.0 Å². The van der Waals surface area contributed by atoms with Crippen molar-refractivity contribution in [3.8, 4) is 0 Å². The highest BCUT2D eigenvalue weighted by atomic mass is 19.1. The summed E-state index contributed by atoms with van der Waals surface area (Å²) in [5.74, 6) is -1.67. The molecule has 1 aromatic rings. The van der Waals surface area contributed by atoms with Crippen molar-refractivity contribution in [2.45, 2.75) is 43.9 Å². The Bertz CT molecular complexity index is 610. The molecule has 1 saturated carbocycles. The number of hydrogen-bond donors (Lipinski definition) is 1. The smallest absolute Gasteiger partial charge is 0.308 e. The number of nitrogens with zero attached hydrogens (tertiary/aromatic N) is 1. The second-order valence-corrected chi connectivity index (χ2v) is 6.73. The lowest BCUT2D eigenvalue weighted by Gasteiger charge is -2.39. The SMILES string of the molecule is O=C(O)C1CCN(C(=O)C2(c3cccc(F)c3)CCCCC2)C1. The maximum absolute atomic E-state index is 13.7. The normalized spacial score (nSPS) is 23.7. The van der Waals surface area contributed by atoms with E-state index >= 15 is 0 Å². The molecular weight excluding hydrogens is 297 g/mol. The third-order valence-corrected chi connectivity index (χ3v) is 5.32. The van der Waals surface area contributed by atoms with E-state index in [1.807, 2.05) is 6.07 Å². The van der Waals surface area contributed by atoms with E-state index < -0.39 is 17.3 Å². The lowest BCUT2D eigenvalue weighted by molar-refractivity contribution is -0.142. The van der Waals surface area contributed by atoms with Gasteiger partial charge >= 0.3 is 5.97 Å². The van der Waals surface area contributed by atoms with E-state index in [1.54, 1.807) is 11.0 Å². The van der Waals surface area contributed by atoms with Gasteiger partial charge in [-0.05, 0) is 37.0 Å². The minimum absolute atomic E-state index is 0.0217. The highest BCUT2D eigenvalue weighted by Crippen LogP contribution is 2.42. The Morgan fingerprint density at radius 2 is 1.96 bits per heavy atom. The second kappa shape index (κ2) is 6.30. The standard InChI is InChI=1S/C18H22FNO3/c19-15-6-4-5-14(11-15)18(8-2-1-3-9-18)17(23)20-10-7-13(12-20)16(21)22/h4-6,11,13H,1-3,7-10,12H2,(H,21,22). The number of benzene rings is 1. The van der Waals surface area contributed by atoms with Crippen molar-refractivity contribution in [1.82, 2.24) is 4.90 Å². The molecule has 1 amide bonds. The van der Waals surface area contributed by atoms with Crippen LogP contribution in [-0.4, -0.2) is 35.0 Å². The van der Waals surface area contributed by atoms with Crippen molar-refractivity contribution in [2.75, 3.05) is 13.1 Å². The maximum atomic E-state index is 13.7. The molecule has 1 heterocycles. The van der Waals surface area contributed by atoms with Gasteiger partial charge in [-0.3, -0.25) is 9.59 Å². The fraction of sp³-hybridized carbons (Fsp3) is 0.556. The van der Waals surface area contributed by atoms with Crippen molar-refractivity contribution < 1.29 is 19.1 Å². The Morgan fingerprint density at radius 3 is 2.57 bits per heavy atom. The van der Waals surface area contributed by atoms with Crippen molar-refractivity contribution in [2.24, 2.45) is 5.92 Å². The predicted molar refractivity (Wildman–Crippen MR) is 83.5 cm³/mol. The number of carbonyl (C=O) groups excluding carboxylic acids is 1. The van der Waals surface area contributed by atoms with Crippen molar-refractivity contribution in [3.05, 3.63) is 35.6 Å². The molecule has 5 heteroatoms. The van der Waals surface area contributed by atoms with Crippen LogP contribution < -0.4 is 0 Å². The quantitative estimate of drug-likeness (QED) is 0.932. The fourth-order valence-corrected chi connectivity index (χ4v) is 4.02.